The molecule has 50 heavy (non-hydrogen) atoms. The van der Waals surface area contributed by atoms with Crippen LogP contribution in [-0.2, 0) is 0 Å². The molecule has 0 bridgehead atoms. The van der Waals surface area contributed by atoms with Gasteiger partial charge in [0.25, 0.3) is 0 Å². The first kappa shape index (κ1) is 34.2. The molecular formula is C37H36O13. The molecule has 2 aliphatic rings. The molecule has 4 aromatic carbocycles. The number of hydrogen-bond donors (Lipinski definition) is 2. The molecule has 0 radical (unpaired) electrons. The first-order valence-corrected chi connectivity index (χ1v) is 15.4. The smallest absolute Gasteiger partial charge is 0.202 e. The predicted molar refractivity (Wildman–Crippen MR) is 178 cm³/mol. The van der Waals surface area contributed by atoms with Gasteiger partial charge in [-0.1, -0.05) is 18.2 Å². The van der Waals surface area contributed by atoms with E-state index in [2.05, 4.69) is 0 Å². The summed E-state index contributed by atoms with van der Waals surface area (Å²) in [4.78, 5) is 28.0. The van der Waals surface area contributed by atoms with Crippen LogP contribution in [-0.4, -0.2) is 83.8 Å². The third-order valence-electron chi connectivity index (χ3n) is 8.81. The molecule has 2 heterocycles. The van der Waals surface area contributed by atoms with Crippen molar-refractivity contribution in [2.75, 3.05) is 49.8 Å². The van der Waals surface area contributed by atoms with Crippen molar-refractivity contribution < 1.29 is 62.4 Å². The summed E-state index contributed by atoms with van der Waals surface area (Å²) < 4.78 is 51.9. The zero-order valence-corrected chi connectivity index (χ0v) is 28.4. The number of ether oxygens (including phenoxy) is 9. The van der Waals surface area contributed by atoms with Crippen LogP contribution in [0.25, 0.3) is 11.1 Å². The average Bonchev–Trinajstić information content (AvgIpc) is 3.15. The van der Waals surface area contributed by atoms with Crippen molar-refractivity contribution in [2.45, 2.75) is 24.4 Å². The van der Waals surface area contributed by atoms with Gasteiger partial charge in [0.1, 0.15) is 51.4 Å². The fraction of sp³-hybridized carbons (Fsp3) is 0.297. The van der Waals surface area contributed by atoms with E-state index in [-0.39, 0.29) is 56.8 Å². The van der Waals surface area contributed by atoms with Crippen molar-refractivity contribution in [1.82, 2.24) is 0 Å². The Morgan fingerprint density at radius 1 is 0.500 bits per heavy atom. The van der Waals surface area contributed by atoms with Crippen molar-refractivity contribution in [1.29, 1.82) is 0 Å². The van der Waals surface area contributed by atoms with Crippen LogP contribution in [0.4, 0.5) is 0 Å². The number of methoxy groups -OCH3 is 7. The third kappa shape index (κ3) is 5.44. The summed E-state index contributed by atoms with van der Waals surface area (Å²) in [6.45, 7) is 0. The van der Waals surface area contributed by atoms with Crippen LogP contribution in [0.1, 0.15) is 44.1 Å². The van der Waals surface area contributed by atoms with Gasteiger partial charge in [0, 0.05) is 12.1 Å². The molecule has 4 aromatic rings. The highest BCUT2D eigenvalue weighted by Gasteiger charge is 2.45. The summed E-state index contributed by atoms with van der Waals surface area (Å²) in [6, 6.07) is 14.6. The number of fused-ring (bicyclic) bond motifs is 2. The molecule has 4 atom stereocenters. The largest absolute Gasteiger partial charge is 0.497 e. The lowest BCUT2D eigenvalue weighted by atomic mass is 9.86. The van der Waals surface area contributed by atoms with Gasteiger partial charge in [0.15, 0.2) is 35.9 Å². The number of carbonyl (C=O) groups excluding carboxylic acids is 2. The molecule has 262 valence electrons. The van der Waals surface area contributed by atoms with Crippen LogP contribution >= 0.6 is 0 Å². The van der Waals surface area contributed by atoms with Crippen molar-refractivity contribution in [2.24, 2.45) is 0 Å². The zero-order chi connectivity index (χ0) is 35.9. The second kappa shape index (κ2) is 13.7. The first-order chi connectivity index (χ1) is 24.1. The minimum absolute atomic E-state index is 0.0336. The molecule has 0 aliphatic carbocycles. The molecule has 2 aliphatic heterocycles. The van der Waals surface area contributed by atoms with Crippen molar-refractivity contribution in [3.63, 3.8) is 0 Å². The van der Waals surface area contributed by atoms with Gasteiger partial charge in [-0.15, -0.1) is 0 Å². The zero-order valence-electron chi connectivity index (χ0n) is 28.4. The maximum Gasteiger partial charge on any atom is 0.202 e. The van der Waals surface area contributed by atoms with Crippen LogP contribution < -0.4 is 42.6 Å². The van der Waals surface area contributed by atoms with E-state index in [0.717, 1.165) is 0 Å². The Hall–Kier alpha value is -5.66. The average molecular weight is 689 g/mol. The number of benzene rings is 4. The molecule has 0 fully saturated rings. The van der Waals surface area contributed by atoms with Gasteiger partial charge in [0.2, 0.25) is 11.6 Å². The second-order valence-corrected chi connectivity index (χ2v) is 11.3. The Labute approximate surface area is 287 Å². The molecule has 13 nitrogen and oxygen atoms in total. The van der Waals surface area contributed by atoms with Crippen molar-refractivity contribution >= 4 is 11.6 Å². The van der Waals surface area contributed by atoms with Gasteiger partial charge in [0.05, 0.1) is 60.9 Å². The molecule has 2 N–H and O–H groups in total. The minimum atomic E-state index is -1.65. The Bertz CT molecular complexity index is 1950. The molecule has 0 spiro atoms. The Kier molecular flexibility index (Phi) is 9.37. The second-order valence-electron chi connectivity index (χ2n) is 11.3. The number of rotatable bonds is 10. The summed E-state index contributed by atoms with van der Waals surface area (Å²) in [5.74, 6) is 0.429. The Morgan fingerprint density at radius 2 is 1.04 bits per heavy atom. The molecule has 0 saturated heterocycles. The number of aliphatic hydroxyl groups is 2. The van der Waals surface area contributed by atoms with E-state index in [1.807, 2.05) is 0 Å². The van der Waals surface area contributed by atoms with Gasteiger partial charge < -0.3 is 52.8 Å². The van der Waals surface area contributed by atoms with Crippen LogP contribution in [0, 0.1) is 0 Å². The fourth-order valence-corrected chi connectivity index (χ4v) is 6.35. The monoisotopic (exact) mass is 688 g/mol. The van der Waals surface area contributed by atoms with E-state index < -0.39 is 36.0 Å². The van der Waals surface area contributed by atoms with Gasteiger partial charge in [-0.2, -0.15) is 0 Å². The summed E-state index contributed by atoms with van der Waals surface area (Å²) in [6.07, 6.45) is -5.53. The van der Waals surface area contributed by atoms with Gasteiger partial charge in [-0.05, 0) is 35.4 Å². The number of aliphatic hydroxyl groups excluding tert-OH is 2. The molecule has 0 amide bonds. The maximum atomic E-state index is 14.0. The highest BCUT2D eigenvalue weighted by atomic mass is 16.5. The van der Waals surface area contributed by atoms with Gasteiger partial charge >= 0.3 is 0 Å². The normalized spacial score (nSPS) is 19.3. The topological polar surface area (TPSA) is 158 Å². The standard InChI is InChI=1S/C37H36O13/c1-42-19-11-8-17(9-12-19)34-32(40)31(39)29-25(49-34)16-23(46-5)26(36(29)48-7)27-22(45-4)15-24(47-6)28-30(38)33(41)35(50-37(27)28)18-10-13-20(43-2)21(14-18)44-3/h8-16,32-35,40-41H,1-7H3/t32-,33-,34-,35-/m0/s1. The van der Waals surface area contributed by atoms with Gasteiger partial charge in [-0.3, -0.25) is 9.59 Å². The SMILES string of the molecule is COc1ccc([C@@H]2Oc3cc(OC)c(-c4c(OC)cc(OC)c5c4O[C@@H](c4ccc(OC)c(OC)c4)[C@@H](O)C5=O)c(OC)c3C(=O)[C@@H]2O)cc1. The minimum Gasteiger partial charge on any atom is -0.497 e. The first-order valence-electron chi connectivity index (χ1n) is 15.4. The highest BCUT2D eigenvalue weighted by molar-refractivity contribution is 6.11. The summed E-state index contributed by atoms with van der Waals surface area (Å²) >= 11 is 0. The van der Waals surface area contributed by atoms with Crippen LogP contribution in [0.2, 0.25) is 0 Å². The number of ketones is 2. The highest BCUT2D eigenvalue weighted by Crippen LogP contribution is 2.57. The van der Waals surface area contributed by atoms with Crippen molar-refractivity contribution in [3.05, 3.63) is 76.9 Å². The third-order valence-corrected chi connectivity index (χ3v) is 8.81. The Balaban J connectivity index is 1.58. The van der Waals surface area contributed by atoms with E-state index in [9.17, 15) is 19.8 Å². The number of Topliss-reactive ketones (excluding diaryl/α,β-unsaturated/α-hetero) is 2. The molecule has 6 rings (SSSR count). The number of hydrogen-bond acceptors (Lipinski definition) is 13. The molecule has 0 saturated carbocycles. The van der Waals surface area contributed by atoms with Crippen LogP contribution in [0.15, 0.2) is 54.6 Å². The lowest BCUT2D eigenvalue weighted by molar-refractivity contribution is 0.0206. The lowest BCUT2D eigenvalue weighted by Gasteiger charge is -2.34. The van der Waals surface area contributed by atoms with E-state index in [0.29, 0.717) is 28.4 Å². The molecule has 0 unspecified atom stereocenters. The fourth-order valence-electron chi connectivity index (χ4n) is 6.35. The lowest BCUT2D eigenvalue weighted by Crippen LogP contribution is -2.37. The van der Waals surface area contributed by atoms with E-state index in [4.69, 9.17) is 42.6 Å². The summed E-state index contributed by atoms with van der Waals surface area (Å²) in [5.41, 5.74) is 1.12. The predicted octanol–water partition coefficient (Wildman–Crippen LogP) is 4.77. The van der Waals surface area contributed by atoms with E-state index >= 15 is 0 Å². The molecule has 13 heteroatoms. The Morgan fingerprint density at radius 3 is 1.62 bits per heavy atom. The van der Waals surface area contributed by atoms with Crippen LogP contribution in [0.5, 0.6) is 51.7 Å². The van der Waals surface area contributed by atoms with E-state index in [1.54, 1.807) is 42.5 Å². The van der Waals surface area contributed by atoms with Crippen molar-refractivity contribution in [3.8, 4) is 62.9 Å². The number of carbonyl (C=O) groups is 2. The van der Waals surface area contributed by atoms with E-state index in [1.165, 1.54) is 61.9 Å². The maximum absolute atomic E-state index is 14.0. The van der Waals surface area contributed by atoms with Gasteiger partial charge in [-0.25, -0.2) is 0 Å². The molecule has 0 aromatic heterocycles. The summed E-state index contributed by atoms with van der Waals surface area (Å²) in [5, 5.41) is 22.6. The van der Waals surface area contributed by atoms with Crippen LogP contribution in [0.3, 0.4) is 0 Å². The summed E-state index contributed by atoms with van der Waals surface area (Å²) in [7, 11) is 10.0. The molecular weight excluding hydrogens is 652 g/mol. The quantitative estimate of drug-likeness (QED) is 0.235.